The van der Waals surface area contributed by atoms with Gasteiger partial charge in [0.1, 0.15) is 0 Å². The van der Waals surface area contributed by atoms with Crippen molar-refractivity contribution in [3.63, 3.8) is 0 Å². The zero-order chi connectivity index (χ0) is 11.0. The first-order valence-corrected chi connectivity index (χ1v) is 5.20. The zero-order valence-corrected chi connectivity index (χ0v) is 9.47. The quantitative estimate of drug-likeness (QED) is 0.608. The molecule has 1 unspecified atom stereocenters. The maximum absolute atomic E-state index is 11.2. The van der Waals surface area contributed by atoms with Crippen molar-refractivity contribution in [2.24, 2.45) is 0 Å². The summed E-state index contributed by atoms with van der Waals surface area (Å²) in [4.78, 5) is 11.2. The molecule has 0 aliphatic carbocycles. The Kier molecular flexibility index (Phi) is 7.11. The number of hydrogen-bond donors (Lipinski definition) is 2. The van der Waals surface area contributed by atoms with E-state index in [1.807, 2.05) is 19.9 Å². The lowest BCUT2D eigenvalue weighted by molar-refractivity contribution is -0.121. The van der Waals surface area contributed by atoms with Crippen LogP contribution in [0.3, 0.4) is 0 Å². The van der Waals surface area contributed by atoms with Gasteiger partial charge in [0.15, 0.2) is 0 Å². The minimum absolute atomic E-state index is 0.110. The Bertz CT molecular complexity index is 178. The third-order valence-corrected chi connectivity index (χ3v) is 1.81. The van der Waals surface area contributed by atoms with Crippen molar-refractivity contribution in [2.75, 3.05) is 6.54 Å². The number of carbonyl (C=O) groups is 1. The SMILES string of the molecule is C=CCC(C)NCCC(=O)NC(C)C. The second kappa shape index (κ2) is 7.56. The minimum atomic E-state index is 0.110. The average molecular weight is 198 g/mol. The van der Waals surface area contributed by atoms with E-state index in [4.69, 9.17) is 0 Å². The van der Waals surface area contributed by atoms with E-state index in [0.717, 1.165) is 13.0 Å². The Balaban J connectivity index is 3.43. The van der Waals surface area contributed by atoms with Crippen molar-refractivity contribution in [1.82, 2.24) is 10.6 Å². The second-order valence-corrected chi connectivity index (χ2v) is 3.85. The molecule has 14 heavy (non-hydrogen) atoms. The molecule has 0 radical (unpaired) electrons. The Morgan fingerprint density at radius 1 is 1.43 bits per heavy atom. The molecule has 0 saturated heterocycles. The lowest BCUT2D eigenvalue weighted by Gasteiger charge is -2.12. The van der Waals surface area contributed by atoms with Crippen molar-refractivity contribution >= 4 is 5.91 Å². The van der Waals surface area contributed by atoms with Gasteiger partial charge >= 0.3 is 0 Å². The molecule has 2 N–H and O–H groups in total. The van der Waals surface area contributed by atoms with E-state index >= 15 is 0 Å². The van der Waals surface area contributed by atoms with E-state index in [0.29, 0.717) is 12.5 Å². The van der Waals surface area contributed by atoms with Crippen LogP contribution in [0.5, 0.6) is 0 Å². The highest BCUT2D eigenvalue weighted by atomic mass is 16.1. The molecule has 3 nitrogen and oxygen atoms in total. The van der Waals surface area contributed by atoms with Crippen LogP contribution in [0.25, 0.3) is 0 Å². The van der Waals surface area contributed by atoms with Crippen LogP contribution in [0.15, 0.2) is 12.7 Å². The normalized spacial score (nSPS) is 12.6. The van der Waals surface area contributed by atoms with Crippen LogP contribution in [0.4, 0.5) is 0 Å². The summed E-state index contributed by atoms with van der Waals surface area (Å²) >= 11 is 0. The molecule has 0 aromatic rings. The summed E-state index contributed by atoms with van der Waals surface area (Å²) in [6.45, 7) is 10.4. The Morgan fingerprint density at radius 3 is 2.57 bits per heavy atom. The summed E-state index contributed by atoms with van der Waals surface area (Å²) in [5.74, 6) is 0.110. The second-order valence-electron chi connectivity index (χ2n) is 3.85. The third kappa shape index (κ3) is 7.80. The van der Waals surface area contributed by atoms with Crippen molar-refractivity contribution in [1.29, 1.82) is 0 Å². The molecule has 0 bridgehead atoms. The van der Waals surface area contributed by atoms with Crippen LogP contribution >= 0.6 is 0 Å². The molecule has 3 heteroatoms. The highest BCUT2D eigenvalue weighted by Gasteiger charge is 2.03. The van der Waals surface area contributed by atoms with Gasteiger partial charge in [0.2, 0.25) is 5.91 Å². The van der Waals surface area contributed by atoms with Crippen molar-refractivity contribution in [3.05, 3.63) is 12.7 Å². The fraction of sp³-hybridized carbons (Fsp3) is 0.727. The highest BCUT2D eigenvalue weighted by molar-refractivity contribution is 5.76. The van der Waals surface area contributed by atoms with E-state index < -0.39 is 0 Å². The Labute approximate surface area is 87.0 Å². The first-order valence-electron chi connectivity index (χ1n) is 5.20. The largest absolute Gasteiger partial charge is 0.354 e. The van der Waals surface area contributed by atoms with E-state index in [-0.39, 0.29) is 11.9 Å². The molecule has 0 aliphatic rings. The molecule has 0 rings (SSSR count). The smallest absolute Gasteiger partial charge is 0.221 e. The van der Waals surface area contributed by atoms with Gasteiger partial charge in [-0.25, -0.2) is 0 Å². The van der Waals surface area contributed by atoms with Gasteiger partial charge in [-0.05, 0) is 27.2 Å². The number of hydrogen-bond acceptors (Lipinski definition) is 2. The summed E-state index contributed by atoms with van der Waals surface area (Å²) in [7, 11) is 0. The molecule has 82 valence electrons. The van der Waals surface area contributed by atoms with Crippen LogP contribution < -0.4 is 10.6 Å². The number of amides is 1. The van der Waals surface area contributed by atoms with Crippen LogP contribution in [-0.4, -0.2) is 24.5 Å². The summed E-state index contributed by atoms with van der Waals surface area (Å²) in [5, 5.41) is 6.10. The molecular formula is C11H22N2O. The lowest BCUT2D eigenvalue weighted by atomic mass is 10.2. The summed E-state index contributed by atoms with van der Waals surface area (Å²) in [6.07, 6.45) is 3.36. The molecule has 0 spiro atoms. The minimum Gasteiger partial charge on any atom is -0.354 e. The molecule has 0 aromatic carbocycles. The monoisotopic (exact) mass is 198 g/mol. The maximum atomic E-state index is 11.2. The third-order valence-electron chi connectivity index (χ3n) is 1.81. The van der Waals surface area contributed by atoms with Gasteiger partial charge in [0, 0.05) is 25.0 Å². The van der Waals surface area contributed by atoms with Crippen molar-refractivity contribution in [2.45, 2.75) is 45.7 Å². The van der Waals surface area contributed by atoms with Gasteiger partial charge in [-0.1, -0.05) is 6.08 Å². The fourth-order valence-corrected chi connectivity index (χ4v) is 1.16. The maximum Gasteiger partial charge on any atom is 0.221 e. The standard InChI is InChI=1S/C11H22N2O/c1-5-6-10(4)12-8-7-11(14)13-9(2)3/h5,9-10,12H,1,6-8H2,2-4H3,(H,13,14). The Hall–Kier alpha value is -0.830. The van der Waals surface area contributed by atoms with Gasteiger partial charge in [-0.3, -0.25) is 4.79 Å². The zero-order valence-electron chi connectivity index (χ0n) is 9.47. The van der Waals surface area contributed by atoms with Crippen LogP contribution in [-0.2, 0) is 4.79 Å². The molecule has 0 aliphatic heterocycles. The molecule has 0 aromatic heterocycles. The molecule has 1 amide bonds. The Morgan fingerprint density at radius 2 is 2.07 bits per heavy atom. The van der Waals surface area contributed by atoms with Crippen LogP contribution in [0, 0.1) is 0 Å². The lowest BCUT2D eigenvalue weighted by Crippen LogP contribution is -2.34. The van der Waals surface area contributed by atoms with Gasteiger partial charge in [-0.2, -0.15) is 0 Å². The van der Waals surface area contributed by atoms with E-state index in [1.165, 1.54) is 0 Å². The fourth-order valence-electron chi connectivity index (χ4n) is 1.16. The summed E-state index contributed by atoms with van der Waals surface area (Å²) < 4.78 is 0. The van der Waals surface area contributed by atoms with Crippen LogP contribution in [0.1, 0.15) is 33.6 Å². The number of carbonyl (C=O) groups excluding carboxylic acids is 1. The number of nitrogens with one attached hydrogen (secondary N) is 2. The van der Waals surface area contributed by atoms with Gasteiger partial charge in [-0.15, -0.1) is 6.58 Å². The highest BCUT2D eigenvalue weighted by Crippen LogP contribution is 1.91. The topological polar surface area (TPSA) is 41.1 Å². The van der Waals surface area contributed by atoms with Gasteiger partial charge in [0.25, 0.3) is 0 Å². The van der Waals surface area contributed by atoms with E-state index in [1.54, 1.807) is 0 Å². The van der Waals surface area contributed by atoms with E-state index in [9.17, 15) is 4.79 Å². The van der Waals surface area contributed by atoms with Gasteiger partial charge < -0.3 is 10.6 Å². The predicted molar refractivity (Wildman–Crippen MR) is 60.2 cm³/mol. The molecule has 1 atom stereocenters. The first-order chi connectivity index (χ1) is 6.56. The molecule has 0 saturated carbocycles. The average Bonchev–Trinajstić information content (AvgIpc) is 2.02. The summed E-state index contributed by atoms with van der Waals surface area (Å²) in [5.41, 5.74) is 0. The predicted octanol–water partition coefficient (Wildman–Crippen LogP) is 1.46. The first kappa shape index (κ1) is 13.2. The van der Waals surface area contributed by atoms with Crippen molar-refractivity contribution in [3.8, 4) is 0 Å². The van der Waals surface area contributed by atoms with Crippen molar-refractivity contribution < 1.29 is 4.79 Å². The van der Waals surface area contributed by atoms with E-state index in [2.05, 4.69) is 24.1 Å². The molecule has 0 fully saturated rings. The van der Waals surface area contributed by atoms with Gasteiger partial charge in [0.05, 0.1) is 0 Å². The molecular weight excluding hydrogens is 176 g/mol. The number of rotatable bonds is 7. The molecule has 0 heterocycles. The van der Waals surface area contributed by atoms with Crippen LogP contribution in [0.2, 0.25) is 0 Å². The summed E-state index contributed by atoms with van der Waals surface area (Å²) in [6, 6.07) is 0.632.